The molecular weight excluding hydrogens is 455 g/mol. The third kappa shape index (κ3) is 8.70. The summed E-state index contributed by atoms with van der Waals surface area (Å²) in [5, 5.41) is 16.1. The van der Waals surface area contributed by atoms with E-state index in [0.29, 0.717) is 6.54 Å². The molecule has 0 saturated heterocycles. The van der Waals surface area contributed by atoms with E-state index in [1.165, 1.54) is 17.0 Å². The molecule has 2 amide bonds. The van der Waals surface area contributed by atoms with Crippen LogP contribution in [0.15, 0.2) is 24.0 Å². The first-order valence-electron chi connectivity index (χ1n) is 12.3. The average Bonchev–Trinajstić information content (AvgIpc) is 3.16. The Kier molecular flexibility index (Phi) is 10.9. The molecule has 1 aliphatic rings. The smallest absolute Gasteiger partial charge is 0.423 e. The van der Waals surface area contributed by atoms with Crippen LogP contribution in [0.1, 0.15) is 76.2 Å². The molecule has 7 nitrogen and oxygen atoms in total. The molecule has 0 bridgehead atoms. The molecule has 0 aromatic heterocycles. The van der Waals surface area contributed by atoms with Gasteiger partial charge in [0.2, 0.25) is 5.91 Å². The molecule has 1 unspecified atom stereocenters. The summed E-state index contributed by atoms with van der Waals surface area (Å²) in [5.41, 5.74) is -0.230. The zero-order valence-electron chi connectivity index (χ0n) is 21.4. The lowest BCUT2D eigenvalue weighted by atomic mass is 9.78. The lowest BCUT2D eigenvalue weighted by molar-refractivity contribution is -0.121. The van der Waals surface area contributed by atoms with Crippen LogP contribution < -0.4 is 16.1 Å². The highest BCUT2D eigenvalue weighted by Gasteiger charge is 2.32. The van der Waals surface area contributed by atoms with Crippen LogP contribution in [-0.4, -0.2) is 60.1 Å². The Morgan fingerprint density at radius 1 is 1.31 bits per heavy atom. The van der Waals surface area contributed by atoms with E-state index < -0.39 is 24.4 Å². The maximum absolute atomic E-state index is 14.6. The van der Waals surface area contributed by atoms with E-state index in [2.05, 4.69) is 17.6 Å². The van der Waals surface area contributed by atoms with Gasteiger partial charge in [-0.3, -0.25) is 9.59 Å². The fraction of sp³-hybridized carbons (Fsp3) is 0.600. The third-order valence-electron chi connectivity index (χ3n) is 5.82. The Balaban J connectivity index is 2.22. The molecule has 3 N–H and O–H groups in total. The molecule has 1 aromatic carbocycles. The Hall–Kier alpha value is -2.30. The molecule has 0 fully saturated rings. The van der Waals surface area contributed by atoms with Crippen LogP contribution in [0.25, 0.3) is 0 Å². The molecule has 10 heteroatoms. The molecule has 0 saturated carbocycles. The lowest BCUT2D eigenvalue weighted by Crippen LogP contribution is -2.51. The summed E-state index contributed by atoms with van der Waals surface area (Å²) >= 11 is 0. The van der Waals surface area contributed by atoms with Crippen LogP contribution >= 0.6 is 0 Å². The molecule has 194 valence electrons. The predicted molar refractivity (Wildman–Crippen MR) is 133 cm³/mol. The molecule has 0 spiro atoms. The summed E-state index contributed by atoms with van der Waals surface area (Å²) in [5.74, 6) is -1.75. The molecule has 1 atom stereocenters. The van der Waals surface area contributed by atoms with Crippen molar-refractivity contribution in [1.29, 1.82) is 0 Å². The zero-order chi connectivity index (χ0) is 26.2. The molecule has 1 aromatic rings. The number of rotatable bonds is 13. The standard InChI is InChI=1S/C25H38BF2N3O4/c1-6-8-9-10-29-23(32)15-31(14-17(3)30-25(4,5)13-19(27)7-2)24(33)18-11-21-20(22(28)12-18)16-35-26(21)34/h11-13,17,30,34H,6-10,14-16H2,1-5H3,(H,29,32)/b19-13+. The first-order chi connectivity index (χ1) is 16.5. The maximum Gasteiger partial charge on any atom is 0.491 e. The lowest BCUT2D eigenvalue weighted by Gasteiger charge is -2.32. The van der Waals surface area contributed by atoms with E-state index in [-0.39, 0.29) is 60.5 Å². The van der Waals surface area contributed by atoms with Crippen LogP contribution in [0.3, 0.4) is 0 Å². The number of fused-ring (bicyclic) bond motifs is 1. The van der Waals surface area contributed by atoms with Crippen molar-refractivity contribution < 1.29 is 28.0 Å². The van der Waals surface area contributed by atoms with Crippen molar-refractivity contribution in [2.75, 3.05) is 19.6 Å². The fourth-order valence-corrected chi connectivity index (χ4v) is 4.19. The summed E-state index contributed by atoms with van der Waals surface area (Å²) < 4.78 is 33.5. The molecule has 0 radical (unpaired) electrons. The van der Waals surface area contributed by atoms with Gasteiger partial charge in [-0.15, -0.1) is 0 Å². The number of carbonyl (C=O) groups is 2. The Bertz CT molecular complexity index is 926. The van der Waals surface area contributed by atoms with Gasteiger partial charge in [-0.25, -0.2) is 8.78 Å². The third-order valence-corrected chi connectivity index (χ3v) is 5.82. The van der Waals surface area contributed by atoms with Crippen molar-refractivity contribution in [3.05, 3.63) is 41.0 Å². The van der Waals surface area contributed by atoms with Crippen LogP contribution in [0, 0.1) is 5.82 Å². The van der Waals surface area contributed by atoms with Crippen LogP contribution in [0.2, 0.25) is 0 Å². The van der Waals surface area contributed by atoms with Crippen LogP contribution in [-0.2, 0) is 16.1 Å². The van der Waals surface area contributed by atoms with Gasteiger partial charge in [0, 0.05) is 35.8 Å². The summed E-state index contributed by atoms with van der Waals surface area (Å²) in [7, 11) is -1.30. The van der Waals surface area contributed by atoms with Crippen molar-refractivity contribution in [1.82, 2.24) is 15.5 Å². The first kappa shape index (κ1) is 28.9. The number of halogens is 2. The summed E-state index contributed by atoms with van der Waals surface area (Å²) in [6, 6.07) is 2.21. The van der Waals surface area contributed by atoms with Crippen molar-refractivity contribution in [2.45, 2.75) is 78.5 Å². The van der Waals surface area contributed by atoms with Gasteiger partial charge in [-0.05, 0) is 57.3 Å². The van der Waals surface area contributed by atoms with Gasteiger partial charge >= 0.3 is 7.12 Å². The molecular formula is C25H38BF2N3O4. The minimum absolute atomic E-state index is 0.0213. The van der Waals surface area contributed by atoms with Gasteiger partial charge in [-0.2, -0.15) is 0 Å². The number of nitrogens with zero attached hydrogens (tertiary/aromatic N) is 1. The monoisotopic (exact) mass is 493 g/mol. The van der Waals surface area contributed by atoms with E-state index in [1.54, 1.807) is 6.92 Å². The second-order valence-electron chi connectivity index (χ2n) is 9.64. The van der Waals surface area contributed by atoms with E-state index in [1.807, 2.05) is 20.8 Å². The summed E-state index contributed by atoms with van der Waals surface area (Å²) in [4.78, 5) is 27.3. The SMILES string of the molecule is CCCCCNC(=O)CN(CC(C)NC(C)(C)/C=C(/F)CC)C(=O)c1cc(F)c2c(c1)B(O)OC2. The van der Waals surface area contributed by atoms with Gasteiger partial charge in [-0.1, -0.05) is 26.7 Å². The summed E-state index contributed by atoms with van der Waals surface area (Å²) in [6.45, 7) is 9.62. The van der Waals surface area contributed by atoms with Crippen LogP contribution in [0.4, 0.5) is 8.78 Å². The molecule has 35 heavy (non-hydrogen) atoms. The Labute approximate surface area is 207 Å². The predicted octanol–water partition coefficient (Wildman–Crippen LogP) is 2.81. The molecule has 2 rings (SSSR count). The van der Waals surface area contributed by atoms with E-state index in [9.17, 15) is 23.4 Å². The van der Waals surface area contributed by atoms with Gasteiger partial charge in [0.15, 0.2) is 0 Å². The second kappa shape index (κ2) is 13.1. The normalized spacial score (nSPS) is 14.6. The topological polar surface area (TPSA) is 90.9 Å². The Morgan fingerprint density at radius 2 is 2.03 bits per heavy atom. The first-order valence-corrected chi connectivity index (χ1v) is 12.3. The number of allylic oxidation sites excluding steroid dienone is 1. The zero-order valence-corrected chi connectivity index (χ0v) is 21.4. The highest BCUT2D eigenvalue weighted by atomic mass is 19.1. The number of benzene rings is 1. The van der Waals surface area contributed by atoms with Crippen molar-refractivity contribution in [3.63, 3.8) is 0 Å². The van der Waals surface area contributed by atoms with Gasteiger partial charge in [0.1, 0.15) is 5.82 Å². The second-order valence-corrected chi connectivity index (χ2v) is 9.64. The average molecular weight is 493 g/mol. The van der Waals surface area contributed by atoms with Gasteiger partial charge in [0.25, 0.3) is 5.91 Å². The van der Waals surface area contributed by atoms with Crippen molar-refractivity contribution >= 4 is 24.4 Å². The number of hydrogen-bond acceptors (Lipinski definition) is 5. The molecule has 1 heterocycles. The fourth-order valence-electron chi connectivity index (χ4n) is 4.19. The van der Waals surface area contributed by atoms with E-state index in [4.69, 9.17) is 4.65 Å². The van der Waals surface area contributed by atoms with Gasteiger partial charge < -0.3 is 25.2 Å². The van der Waals surface area contributed by atoms with Crippen LogP contribution in [0.5, 0.6) is 0 Å². The highest BCUT2D eigenvalue weighted by molar-refractivity contribution is 6.61. The van der Waals surface area contributed by atoms with E-state index >= 15 is 0 Å². The number of unbranched alkanes of at least 4 members (excludes halogenated alkanes) is 2. The minimum atomic E-state index is -1.30. The number of amides is 2. The number of carbonyl (C=O) groups excluding carboxylic acids is 2. The highest BCUT2D eigenvalue weighted by Crippen LogP contribution is 2.18. The van der Waals surface area contributed by atoms with E-state index in [0.717, 1.165) is 25.3 Å². The molecule has 1 aliphatic heterocycles. The Morgan fingerprint density at radius 3 is 2.69 bits per heavy atom. The molecule has 0 aliphatic carbocycles. The maximum atomic E-state index is 14.6. The number of hydrogen-bond donors (Lipinski definition) is 3. The quantitative estimate of drug-likeness (QED) is 0.291. The largest absolute Gasteiger partial charge is 0.491 e. The summed E-state index contributed by atoms with van der Waals surface area (Å²) in [6.07, 6.45) is 4.62. The van der Waals surface area contributed by atoms with Crippen molar-refractivity contribution in [2.24, 2.45) is 0 Å². The van der Waals surface area contributed by atoms with Gasteiger partial charge in [0.05, 0.1) is 19.0 Å². The van der Waals surface area contributed by atoms with Crippen molar-refractivity contribution in [3.8, 4) is 0 Å². The minimum Gasteiger partial charge on any atom is -0.423 e. The number of nitrogens with one attached hydrogen (secondary N) is 2.